The van der Waals surface area contributed by atoms with E-state index in [4.69, 9.17) is 4.74 Å². The summed E-state index contributed by atoms with van der Waals surface area (Å²) in [5, 5.41) is 2.91. The average molecular weight is 381 g/mol. The zero-order valence-electron chi connectivity index (χ0n) is 15.2. The van der Waals surface area contributed by atoms with E-state index < -0.39 is 9.84 Å². The van der Waals surface area contributed by atoms with Crippen LogP contribution in [0.3, 0.4) is 0 Å². The second-order valence-electron chi connectivity index (χ2n) is 7.00. The summed E-state index contributed by atoms with van der Waals surface area (Å²) in [6, 6.07) is 7.11. The number of rotatable bonds is 5. The van der Waals surface area contributed by atoms with Crippen molar-refractivity contribution in [3.8, 4) is 0 Å². The molecule has 2 fully saturated rings. The van der Waals surface area contributed by atoms with Gasteiger partial charge in [0.1, 0.15) is 0 Å². The highest BCUT2D eigenvalue weighted by Crippen LogP contribution is 2.19. The van der Waals surface area contributed by atoms with E-state index in [2.05, 4.69) is 10.2 Å². The highest BCUT2D eigenvalue weighted by molar-refractivity contribution is 7.91. The van der Waals surface area contributed by atoms with E-state index in [1.807, 2.05) is 31.2 Å². The molecule has 0 bridgehead atoms. The summed E-state index contributed by atoms with van der Waals surface area (Å²) in [6.07, 6.45) is 0.507. The second kappa shape index (κ2) is 8.37. The van der Waals surface area contributed by atoms with E-state index in [1.165, 1.54) is 0 Å². The highest BCUT2D eigenvalue weighted by atomic mass is 32.2. The first-order valence-electron chi connectivity index (χ1n) is 9.08. The van der Waals surface area contributed by atoms with Crippen molar-refractivity contribution < 1.29 is 17.9 Å². The van der Waals surface area contributed by atoms with E-state index in [-0.39, 0.29) is 23.6 Å². The van der Waals surface area contributed by atoms with Crippen molar-refractivity contribution in [2.45, 2.75) is 19.4 Å². The molecule has 26 heavy (non-hydrogen) atoms. The first-order chi connectivity index (χ1) is 12.4. The van der Waals surface area contributed by atoms with Gasteiger partial charge in [0.25, 0.3) is 0 Å². The van der Waals surface area contributed by atoms with Crippen molar-refractivity contribution in [3.05, 3.63) is 29.8 Å². The Morgan fingerprint density at radius 3 is 2.58 bits per heavy atom. The number of urea groups is 1. The fraction of sp³-hybridized carbons (Fsp3) is 0.611. The summed E-state index contributed by atoms with van der Waals surface area (Å²) in [4.78, 5) is 16.8. The Morgan fingerprint density at radius 1 is 1.27 bits per heavy atom. The fourth-order valence-electron chi connectivity index (χ4n) is 3.38. The lowest BCUT2D eigenvalue weighted by atomic mass is 10.2. The number of morpholine rings is 1. The van der Waals surface area contributed by atoms with Gasteiger partial charge in [-0.05, 0) is 25.5 Å². The fourth-order valence-corrected chi connectivity index (χ4v) is 5.11. The largest absolute Gasteiger partial charge is 0.379 e. The molecule has 1 atom stereocenters. The number of benzene rings is 1. The average Bonchev–Trinajstić information content (AvgIpc) is 2.98. The Kier molecular flexibility index (Phi) is 6.16. The number of carbonyl (C=O) groups is 1. The maximum atomic E-state index is 12.8. The van der Waals surface area contributed by atoms with Gasteiger partial charge in [-0.3, -0.25) is 4.90 Å². The van der Waals surface area contributed by atoms with Crippen molar-refractivity contribution >= 4 is 21.6 Å². The van der Waals surface area contributed by atoms with E-state index in [1.54, 1.807) is 4.90 Å². The monoisotopic (exact) mass is 381 g/mol. The molecule has 2 saturated heterocycles. The zero-order chi connectivity index (χ0) is 18.6. The molecular weight excluding hydrogens is 354 g/mol. The third kappa shape index (κ3) is 5.18. The number of carbonyl (C=O) groups excluding carboxylic acids is 1. The van der Waals surface area contributed by atoms with Gasteiger partial charge in [0.15, 0.2) is 9.84 Å². The minimum Gasteiger partial charge on any atom is -0.379 e. The molecule has 2 aliphatic rings. The van der Waals surface area contributed by atoms with Crippen LogP contribution in [0.5, 0.6) is 0 Å². The van der Waals surface area contributed by atoms with Crippen LogP contribution >= 0.6 is 0 Å². The predicted molar refractivity (Wildman–Crippen MR) is 101 cm³/mol. The lowest BCUT2D eigenvalue weighted by Gasteiger charge is -2.32. The summed E-state index contributed by atoms with van der Waals surface area (Å²) in [5.41, 5.74) is 1.84. The molecule has 1 N–H and O–H groups in total. The molecule has 2 amide bonds. The van der Waals surface area contributed by atoms with Gasteiger partial charge in [-0.25, -0.2) is 13.2 Å². The molecule has 2 heterocycles. The molecule has 8 heteroatoms. The number of aryl methyl sites for hydroxylation is 1. The third-order valence-electron chi connectivity index (χ3n) is 4.97. The van der Waals surface area contributed by atoms with Crippen molar-refractivity contribution in [1.29, 1.82) is 0 Å². The van der Waals surface area contributed by atoms with Crippen LogP contribution in [0.4, 0.5) is 10.5 Å². The smallest absolute Gasteiger partial charge is 0.322 e. The van der Waals surface area contributed by atoms with E-state index in [0.717, 1.165) is 30.9 Å². The molecule has 0 aliphatic carbocycles. The summed E-state index contributed by atoms with van der Waals surface area (Å²) < 4.78 is 29.1. The number of nitrogens with one attached hydrogen (secondary N) is 1. The van der Waals surface area contributed by atoms with Gasteiger partial charge < -0.3 is 15.0 Å². The van der Waals surface area contributed by atoms with Crippen LogP contribution in [0, 0.1) is 6.92 Å². The first kappa shape index (κ1) is 19.1. The number of anilines is 1. The van der Waals surface area contributed by atoms with Gasteiger partial charge in [-0.1, -0.05) is 17.7 Å². The van der Waals surface area contributed by atoms with E-state index in [0.29, 0.717) is 26.2 Å². The lowest BCUT2D eigenvalue weighted by Crippen LogP contribution is -2.48. The molecule has 0 radical (unpaired) electrons. The molecule has 3 rings (SSSR count). The Balaban J connectivity index is 1.66. The molecule has 1 unspecified atom stereocenters. The third-order valence-corrected chi connectivity index (χ3v) is 6.72. The molecule has 0 aromatic heterocycles. The molecule has 1 aromatic rings. The maximum absolute atomic E-state index is 12.8. The van der Waals surface area contributed by atoms with Crippen LogP contribution < -0.4 is 5.32 Å². The Morgan fingerprint density at radius 2 is 1.96 bits per heavy atom. The normalized spacial score (nSPS) is 22.9. The lowest BCUT2D eigenvalue weighted by molar-refractivity contribution is 0.0340. The van der Waals surface area contributed by atoms with Gasteiger partial charge in [0, 0.05) is 37.9 Å². The summed E-state index contributed by atoms with van der Waals surface area (Å²) in [6.45, 7) is 6.32. The van der Waals surface area contributed by atoms with Crippen molar-refractivity contribution in [3.63, 3.8) is 0 Å². The SMILES string of the molecule is Cc1ccc(NC(=O)N(CCN2CCOCC2)C2CCS(=O)(=O)C2)cc1. The van der Waals surface area contributed by atoms with Crippen LogP contribution in [0.15, 0.2) is 24.3 Å². The van der Waals surface area contributed by atoms with Crippen LogP contribution in [0.25, 0.3) is 0 Å². The summed E-state index contributed by atoms with van der Waals surface area (Å²) >= 11 is 0. The Bertz CT molecular complexity index is 714. The number of ether oxygens (including phenoxy) is 1. The maximum Gasteiger partial charge on any atom is 0.322 e. The summed E-state index contributed by atoms with van der Waals surface area (Å²) in [5.74, 6) is 0.209. The topological polar surface area (TPSA) is 79.0 Å². The Hall–Kier alpha value is -1.64. The van der Waals surface area contributed by atoms with Gasteiger partial charge in [0.05, 0.1) is 24.7 Å². The van der Waals surface area contributed by atoms with Crippen LogP contribution in [0.1, 0.15) is 12.0 Å². The van der Waals surface area contributed by atoms with Crippen molar-refractivity contribution in [1.82, 2.24) is 9.80 Å². The summed E-state index contributed by atoms with van der Waals surface area (Å²) in [7, 11) is -3.05. The van der Waals surface area contributed by atoms with Crippen LogP contribution in [-0.4, -0.2) is 81.2 Å². The van der Waals surface area contributed by atoms with Gasteiger partial charge in [0.2, 0.25) is 0 Å². The number of hydrogen-bond acceptors (Lipinski definition) is 5. The van der Waals surface area contributed by atoms with Crippen LogP contribution in [0.2, 0.25) is 0 Å². The number of nitrogens with zero attached hydrogens (tertiary/aromatic N) is 2. The first-order valence-corrected chi connectivity index (χ1v) is 10.9. The minimum atomic E-state index is -3.05. The van der Waals surface area contributed by atoms with Gasteiger partial charge in [-0.2, -0.15) is 0 Å². The number of sulfone groups is 1. The standard InChI is InChI=1S/C18H27N3O4S/c1-15-2-4-16(5-3-15)19-18(22)21(17-6-13-26(23,24)14-17)8-7-20-9-11-25-12-10-20/h2-5,17H,6-14H2,1H3,(H,19,22). The molecule has 1 aromatic carbocycles. The van der Waals surface area contributed by atoms with Crippen molar-refractivity contribution in [2.24, 2.45) is 0 Å². The second-order valence-corrected chi connectivity index (χ2v) is 9.23. The molecule has 2 aliphatic heterocycles. The van der Waals surface area contributed by atoms with Crippen molar-refractivity contribution in [2.75, 3.05) is 56.2 Å². The quantitative estimate of drug-likeness (QED) is 0.833. The zero-order valence-corrected chi connectivity index (χ0v) is 16.0. The van der Waals surface area contributed by atoms with E-state index >= 15 is 0 Å². The molecule has 0 spiro atoms. The van der Waals surface area contributed by atoms with E-state index in [9.17, 15) is 13.2 Å². The molecular formula is C18H27N3O4S. The minimum absolute atomic E-state index is 0.0530. The van der Waals surface area contributed by atoms with Gasteiger partial charge in [-0.15, -0.1) is 0 Å². The molecule has 144 valence electrons. The highest BCUT2D eigenvalue weighted by Gasteiger charge is 2.34. The number of amides is 2. The van der Waals surface area contributed by atoms with Gasteiger partial charge >= 0.3 is 6.03 Å². The Labute approximate surface area is 155 Å². The molecule has 0 saturated carbocycles. The molecule has 7 nitrogen and oxygen atoms in total. The van der Waals surface area contributed by atoms with Crippen LogP contribution in [-0.2, 0) is 14.6 Å². The number of hydrogen-bond donors (Lipinski definition) is 1. The predicted octanol–water partition coefficient (Wildman–Crippen LogP) is 1.35.